The summed E-state index contributed by atoms with van der Waals surface area (Å²) in [5, 5.41) is 2.97. The third-order valence-electron chi connectivity index (χ3n) is 5.49. The van der Waals surface area contributed by atoms with Crippen molar-refractivity contribution >= 4 is 11.8 Å². The smallest absolute Gasteiger partial charge is 0.225 e. The van der Waals surface area contributed by atoms with Crippen LogP contribution in [0.2, 0.25) is 0 Å². The quantitative estimate of drug-likeness (QED) is 0.781. The maximum Gasteiger partial charge on any atom is 0.225 e. The Bertz CT molecular complexity index is 651. The summed E-state index contributed by atoms with van der Waals surface area (Å²) in [6.45, 7) is 8.94. The van der Waals surface area contributed by atoms with Gasteiger partial charge in [-0.1, -0.05) is 32.9 Å². The molecule has 5 nitrogen and oxygen atoms in total. The first-order valence-corrected chi connectivity index (χ1v) is 10.1. The molecular formula is C22H32N2O3. The number of piperidine rings is 1. The third-order valence-corrected chi connectivity index (χ3v) is 5.49. The lowest BCUT2D eigenvalue weighted by Crippen LogP contribution is -2.44. The van der Waals surface area contributed by atoms with Crippen molar-refractivity contribution in [3.8, 4) is 5.75 Å². The summed E-state index contributed by atoms with van der Waals surface area (Å²) in [6, 6.07) is 8.14. The highest BCUT2D eigenvalue weighted by Gasteiger charge is 2.35. The van der Waals surface area contributed by atoms with Crippen LogP contribution in [0.3, 0.4) is 0 Å². The van der Waals surface area contributed by atoms with Gasteiger partial charge in [0.25, 0.3) is 0 Å². The number of ether oxygens (including phenoxy) is 1. The van der Waals surface area contributed by atoms with Gasteiger partial charge in [-0.2, -0.15) is 0 Å². The minimum absolute atomic E-state index is 0.0133. The Morgan fingerprint density at radius 2 is 1.67 bits per heavy atom. The number of amides is 2. The molecule has 1 heterocycles. The van der Waals surface area contributed by atoms with E-state index >= 15 is 0 Å². The van der Waals surface area contributed by atoms with E-state index in [-0.39, 0.29) is 23.2 Å². The molecule has 0 atom stereocenters. The molecule has 2 amide bonds. The predicted molar refractivity (Wildman–Crippen MR) is 106 cm³/mol. The van der Waals surface area contributed by atoms with Gasteiger partial charge in [0.05, 0.1) is 6.54 Å². The first kappa shape index (κ1) is 19.7. The van der Waals surface area contributed by atoms with Gasteiger partial charge < -0.3 is 15.0 Å². The fourth-order valence-electron chi connectivity index (χ4n) is 3.49. The molecule has 2 fully saturated rings. The van der Waals surface area contributed by atoms with Crippen LogP contribution in [0.1, 0.15) is 52.0 Å². The number of hydrogen-bond donors (Lipinski definition) is 1. The van der Waals surface area contributed by atoms with Crippen molar-refractivity contribution in [1.82, 2.24) is 10.2 Å². The SMILES string of the molecule is CC(C)(C)c1ccc(OCCNC(=O)C2CCN(C(=O)C3CC3)CC2)cc1. The molecular weight excluding hydrogens is 340 g/mol. The second kappa shape index (κ2) is 8.32. The minimum atomic E-state index is 0.0133. The summed E-state index contributed by atoms with van der Waals surface area (Å²) < 4.78 is 5.73. The molecule has 148 valence electrons. The number of nitrogens with zero attached hydrogens (tertiary/aromatic N) is 1. The van der Waals surface area contributed by atoms with Gasteiger partial charge in [-0.15, -0.1) is 0 Å². The maximum absolute atomic E-state index is 12.3. The summed E-state index contributed by atoms with van der Waals surface area (Å²) in [6.07, 6.45) is 3.61. The summed E-state index contributed by atoms with van der Waals surface area (Å²) in [7, 11) is 0. The molecule has 0 radical (unpaired) electrons. The molecule has 1 aromatic carbocycles. The van der Waals surface area contributed by atoms with Gasteiger partial charge in [-0.25, -0.2) is 0 Å². The summed E-state index contributed by atoms with van der Waals surface area (Å²) in [5.74, 6) is 1.48. The lowest BCUT2D eigenvalue weighted by Gasteiger charge is -2.31. The van der Waals surface area contributed by atoms with Crippen molar-refractivity contribution < 1.29 is 14.3 Å². The molecule has 3 rings (SSSR count). The Kier molecular flexibility index (Phi) is 6.08. The van der Waals surface area contributed by atoms with E-state index in [1.807, 2.05) is 17.0 Å². The van der Waals surface area contributed by atoms with Crippen molar-refractivity contribution in [3.05, 3.63) is 29.8 Å². The molecule has 0 bridgehead atoms. The van der Waals surface area contributed by atoms with Crippen LogP contribution in [-0.4, -0.2) is 43.0 Å². The van der Waals surface area contributed by atoms with Crippen LogP contribution in [0.5, 0.6) is 5.75 Å². The van der Waals surface area contributed by atoms with Crippen molar-refractivity contribution in [2.75, 3.05) is 26.2 Å². The van der Waals surface area contributed by atoms with Gasteiger partial charge in [-0.05, 0) is 48.8 Å². The molecule has 0 spiro atoms. The largest absolute Gasteiger partial charge is 0.492 e. The Balaban J connectivity index is 1.33. The first-order chi connectivity index (χ1) is 12.8. The summed E-state index contributed by atoms with van der Waals surface area (Å²) in [4.78, 5) is 26.3. The van der Waals surface area contributed by atoms with Crippen LogP contribution >= 0.6 is 0 Å². The molecule has 1 saturated carbocycles. The van der Waals surface area contributed by atoms with Crippen molar-refractivity contribution in [2.24, 2.45) is 11.8 Å². The summed E-state index contributed by atoms with van der Waals surface area (Å²) >= 11 is 0. The van der Waals surface area contributed by atoms with E-state index in [2.05, 4.69) is 38.2 Å². The number of nitrogens with one attached hydrogen (secondary N) is 1. The maximum atomic E-state index is 12.3. The second-order valence-electron chi connectivity index (χ2n) is 8.79. The van der Waals surface area contributed by atoms with E-state index < -0.39 is 0 Å². The first-order valence-electron chi connectivity index (χ1n) is 10.1. The van der Waals surface area contributed by atoms with Crippen molar-refractivity contribution in [2.45, 2.75) is 51.9 Å². The second-order valence-corrected chi connectivity index (χ2v) is 8.79. The lowest BCUT2D eigenvalue weighted by molar-refractivity contribution is -0.136. The zero-order valence-electron chi connectivity index (χ0n) is 16.8. The molecule has 0 unspecified atom stereocenters. The lowest BCUT2D eigenvalue weighted by atomic mass is 9.87. The molecule has 27 heavy (non-hydrogen) atoms. The van der Waals surface area contributed by atoms with Gasteiger partial charge in [0.2, 0.25) is 11.8 Å². The van der Waals surface area contributed by atoms with Crippen LogP contribution in [0.25, 0.3) is 0 Å². The van der Waals surface area contributed by atoms with Crippen LogP contribution < -0.4 is 10.1 Å². The zero-order valence-corrected chi connectivity index (χ0v) is 16.8. The topological polar surface area (TPSA) is 58.6 Å². The number of likely N-dealkylation sites (tertiary alicyclic amines) is 1. The normalized spacial score (nSPS) is 18.3. The average Bonchev–Trinajstić information content (AvgIpc) is 3.49. The molecule has 1 aliphatic carbocycles. The van der Waals surface area contributed by atoms with Gasteiger partial charge >= 0.3 is 0 Å². The molecule has 5 heteroatoms. The van der Waals surface area contributed by atoms with Gasteiger partial charge in [0.1, 0.15) is 12.4 Å². The van der Waals surface area contributed by atoms with Crippen LogP contribution in [0.4, 0.5) is 0 Å². The fraction of sp³-hybridized carbons (Fsp3) is 0.636. The van der Waals surface area contributed by atoms with E-state index in [1.54, 1.807) is 0 Å². The molecule has 0 aromatic heterocycles. The van der Waals surface area contributed by atoms with E-state index in [0.717, 1.165) is 31.4 Å². The van der Waals surface area contributed by atoms with Gasteiger partial charge in [0, 0.05) is 24.9 Å². The average molecular weight is 373 g/mol. The Morgan fingerprint density at radius 3 is 2.22 bits per heavy atom. The molecule has 1 saturated heterocycles. The number of rotatable bonds is 6. The molecule has 2 aliphatic rings. The molecule has 1 aromatic rings. The highest BCUT2D eigenvalue weighted by atomic mass is 16.5. The number of carbonyl (C=O) groups is 2. The predicted octanol–water partition coefficient (Wildman–Crippen LogP) is 3.13. The molecule has 1 N–H and O–H groups in total. The monoisotopic (exact) mass is 372 g/mol. The van der Waals surface area contributed by atoms with Crippen molar-refractivity contribution in [3.63, 3.8) is 0 Å². The van der Waals surface area contributed by atoms with Gasteiger partial charge in [0.15, 0.2) is 0 Å². The van der Waals surface area contributed by atoms with Crippen LogP contribution in [0, 0.1) is 11.8 Å². The zero-order chi connectivity index (χ0) is 19.4. The highest BCUT2D eigenvalue weighted by molar-refractivity contribution is 5.82. The van der Waals surface area contributed by atoms with E-state index in [0.29, 0.717) is 32.1 Å². The standard InChI is InChI=1S/C22H32N2O3/c1-22(2,3)18-6-8-19(9-7-18)27-15-12-23-20(25)16-10-13-24(14-11-16)21(26)17-4-5-17/h6-9,16-17H,4-5,10-15H2,1-3H3,(H,23,25). The Labute approximate surface area is 162 Å². The van der Waals surface area contributed by atoms with Crippen LogP contribution in [0.15, 0.2) is 24.3 Å². The Morgan fingerprint density at radius 1 is 1.04 bits per heavy atom. The number of carbonyl (C=O) groups excluding carboxylic acids is 2. The molecule has 1 aliphatic heterocycles. The minimum Gasteiger partial charge on any atom is -0.492 e. The third kappa shape index (κ3) is 5.47. The van der Waals surface area contributed by atoms with Gasteiger partial charge in [-0.3, -0.25) is 9.59 Å². The summed E-state index contributed by atoms with van der Waals surface area (Å²) in [5.41, 5.74) is 1.40. The number of hydrogen-bond acceptors (Lipinski definition) is 3. The highest BCUT2D eigenvalue weighted by Crippen LogP contribution is 2.32. The number of benzene rings is 1. The Hall–Kier alpha value is -2.04. The van der Waals surface area contributed by atoms with E-state index in [1.165, 1.54) is 5.56 Å². The van der Waals surface area contributed by atoms with Crippen molar-refractivity contribution in [1.29, 1.82) is 0 Å². The fourth-order valence-corrected chi connectivity index (χ4v) is 3.49. The van der Waals surface area contributed by atoms with E-state index in [9.17, 15) is 9.59 Å². The van der Waals surface area contributed by atoms with Crippen LogP contribution in [-0.2, 0) is 15.0 Å². The van der Waals surface area contributed by atoms with E-state index in [4.69, 9.17) is 4.74 Å².